The molecule has 168 valence electrons. The number of amides is 2. The second-order valence-electron chi connectivity index (χ2n) is 7.92. The zero-order valence-electron chi connectivity index (χ0n) is 18.6. The van der Waals surface area contributed by atoms with Crippen molar-refractivity contribution < 1.29 is 19.1 Å². The zero-order chi connectivity index (χ0) is 22.5. The molecule has 1 saturated heterocycles. The van der Waals surface area contributed by atoms with Crippen LogP contribution >= 0.6 is 0 Å². The van der Waals surface area contributed by atoms with Gasteiger partial charge in [0.1, 0.15) is 11.4 Å². The Bertz CT molecular complexity index is 1010. The van der Waals surface area contributed by atoms with Gasteiger partial charge in [0, 0.05) is 50.3 Å². The summed E-state index contributed by atoms with van der Waals surface area (Å²) in [5.41, 5.74) is 3.12. The summed E-state index contributed by atoms with van der Waals surface area (Å²) in [6, 6.07) is 15.3. The van der Waals surface area contributed by atoms with Gasteiger partial charge in [0.15, 0.2) is 0 Å². The van der Waals surface area contributed by atoms with Crippen LogP contribution in [0, 0.1) is 0 Å². The van der Waals surface area contributed by atoms with Gasteiger partial charge in [-0.2, -0.15) is 0 Å². The van der Waals surface area contributed by atoms with Gasteiger partial charge in [0.05, 0.1) is 12.7 Å². The minimum atomic E-state index is -0.337. The van der Waals surface area contributed by atoms with Crippen LogP contribution in [0.3, 0.4) is 0 Å². The van der Waals surface area contributed by atoms with Gasteiger partial charge in [-0.3, -0.25) is 14.5 Å². The molecule has 7 nitrogen and oxygen atoms in total. The summed E-state index contributed by atoms with van der Waals surface area (Å²) in [6.07, 6.45) is 3.00. The lowest BCUT2D eigenvalue weighted by Crippen LogP contribution is -2.33. The Hall–Kier alpha value is -3.32. The molecule has 0 radical (unpaired) electrons. The average molecular weight is 436 g/mol. The van der Waals surface area contributed by atoms with Gasteiger partial charge < -0.3 is 19.7 Å². The quantitative estimate of drug-likeness (QED) is 0.480. The Morgan fingerprint density at radius 2 is 1.66 bits per heavy atom. The van der Waals surface area contributed by atoms with Crippen molar-refractivity contribution in [3.63, 3.8) is 0 Å². The fourth-order valence-electron chi connectivity index (χ4n) is 4.24. The van der Waals surface area contributed by atoms with Crippen LogP contribution in [0.5, 0.6) is 5.75 Å². The van der Waals surface area contributed by atoms with E-state index in [2.05, 4.69) is 22.3 Å². The summed E-state index contributed by atoms with van der Waals surface area (Å²) in [5, 5.41) is 3.22. The minimum Gasteiger partial charge on any atom is -0.496 e. The molecule has 0 bridgehead atoms. The van der Waals surface area contributed by atoms with Crippen molar-refractivity contribution in [3.8, 4) is 5.75 Å². The van der Waals surface area contributed by atoms with Crippen molar-refractivity contribution in [2.45, 2.75) is 19.3 Å². The van der Waals surface area contributed by atoms with Gasteiger partial charge in [-0.05, 0) is 49.6 Å². The molecule has 2 heterocycles. The highest BCUT2D eigenvalue weighted by atomic mass is 16.5. The van der Waals surface area contributed by atoms with Crippen LogP contribution in [0.2, 0.25) is 0 Å². The molecule has 2 aromatic rings. The van der Waals surface area contributed by atoms with Crippen LogP contribution in [-0.2, 0) is 14.3 Å². The second-order valence-corrected chi connectivity index (χ2v) is 7.92. The van der Waals surface area contributed by atoms with Crippen LogP contribution < -0.4 is 15.0 Å². The smallest absolute Gasteiger partial charge is 0.278 e. The fourth-order valence-corrected chi connectivity index (χ4v) is 4.24. The summed E-state index contributed by atoms with van der Waals surface area (Å²) in [6.45, 7) is 2.91. The number of rotatable bonds is 9. The van der Waals surface area contributed by atoms with Gasteiger partial charge in [-0.25, -0.2) is 0 Å². The summed E-state index contributed by atoms with van der Waals surface area (Å²) >= 11 is 0. The number of carbonyl (C=O) groups excluding carboxylic acids is 2. The number of para-hydroxylation sites is 1. The third kappa shape index (κ3) is 4.34. The third-order valence-corrected chi connectivity index (χ3v) is 5.88. The van der Waals surface area contributed by atoms with Crippen LogP contribution in [0.1, 0.15) is 24.8 Å². The average Bonchev–Trinajstić information content (AvgIpc) is 3.43. The van der Waals surface area contributed by atoms with Gasteiger partial charge in [0.2, 0.25) is 0 Å². The van der Waals surface area contributed by atoms with Gasteiger partial charge >= 0.3 is 0 Å². The van der Waals surface area contributed by atoms with E-state index < -0.39 is 0 Å². The molecule has 32 heavy (non-hydrogen) atoms. The first-order valence-electron chi connectivity index (χ1n) is 11.0. The van der Waals surface area contributed by atoms with Crippen molar-refractivity contribution in [3.05, 3.63) is 59.8 Å². The molecule has 0 saturated carbocycles. The molecule has 0 aliphatic carbocycles. The number of hydrogen-bond acceptors (Lipinski definition) is 6. The summed E-state index contributed by atoms with van der Waals surface area (Å²) in [4.78, 5) is 30.2. The Balaban J connectivity index is 1.66. The standard InChI is InChI=1S/C25H29N3O4/c1-31-17-7-16-28-24(29)22(20-8-3-4-9-21(20)32-2)23(25(28)30)26-18-10-12-19(13-11-18)27-14-5-6-15-27/h3-4,8-13,26H,5-7,14-17H2,1-2H3. The van der Waals surface area contributed by atoms with E-state index >= 15 is 0 Å². The number of carbonyl (C=O) groups is 2. The molecular weight excluding hydrogens is 406 g/mol. The Kier molecular flexibility index (Phi) is 6.75. The summed E-state index contributed by atoms with van der Waals surface area (Å²) in [5.74, 6) is -0.117. The van der Waals surface area contributed by atoms with Gasteiger partial charge in [0.25, 0.3) is 11.8 Å². The summed E-state index contributed by atoms with van der Waals surface area (Å²) in [7, 11) is 3.16. The van der Waals surface area contributed by atoms with Crippen LogP contribution in [0.25, 0.3) is 5.57 Å². The normalized spacial score (nSPS) is 16.3. The van der Waals surface area contributed by atoms with Crippen LogP contribution in [0.4, 0.5) is 11.4 Å². The van der Waals surface area contributed by atoms with E-state index in [1.54, 1.807) is 26.4 Å². The molecule has 0 aromatic heterocycles. The van der Waals surface area contributed by atoms with E-state index in [9.17, 15) is 9.59 Å². The van der Waals surface area contributed by atoms with E-state index in [0.29, 0.717) is 36.5 Å². The molecule has 7 heteroatoms. The highest BCUT2D eigenvalue weighted by molar-refractivity contribution is 6.37. The maximum absolute atomic E-state index is 13.3. The third-order valence-electron chi connectivity index (χ3n) is 5.88. The van der Waals surface area contributed by atoms with Crippen molar-refractivity contribution in [2.75, 3.05) is 50.7 Å². The van der Waals surface area contributed by atoms with E-state index in [-0.39, 0.29) is 17.5 Å². The van der Waals surface area contributed by atoms with Gasteiger partial charge in [-0.15, -0.1) is 0 Å². The van der Waals surface area contributed by atoms with Crippen LogP contribution in [0.15, 0.2) is 54.2 Å². The van der Waals surface area contributed by atoms with E-state index in [0.717, 1.165) is 18.8 Å². The van der Waals surface area contributed by atoms with Crippen molar-refractivity contribution in [2.24, 2.45) is 0 Å². The Labute approximate surface area is 188 Å². The topological polar surface area (TPSA) is 71.1 Å². The first-order valence-corrected chi connectivity index (χ1v) is 11.0. The Morgan fingerprint density at radius 1 is 0.938 bits per heavy atom. The lowest BCUT2D eigenvalue weighted by molar-refractivity contribution is -0.137. The largest absolute Gasteiger partial charge is 0.496 e. The molecule has 2 aliphatic heterocycles. The number of anilines is 2. The SMILES string of the molecule is COCCCN1C(=O)C(Nc2ccc(N3CCCC3)cc2)=C(c2ccccc2OC)C1=O. The van der Waals surface area contributed by atoms with Gasteiger partial charge in [-0.1, -0.05) is 18.2 Å². The first-order chi connectivity index (χ1) is 15.6. The van der Waals surface area contributed by atoms with Crippen LogP contribution in [-0.4, -0.2) is 57.2 Å². The molecule has 0 spiro atoms. The molecule has 1 fully saturated rings. The number of benzene rings is 2. The fraction of sp³-hybridized carbons (Fsp3) is 0.360. The molecule has 0 atom stereocenters. The highest BCUT2D eigenvalue weighted by Gasteiger charge is 2.39. The highest BCUT2D eigenvalue weighted by Crippen LogP contribution is 2.35. The Morgan fingerprint density at radius 3 is 2.34 bits per heavy atom. The minimum absolute atomic E-state index is 0.269. The predicted molar refractivity (Wildman–Crippen MR) is 125 cm³/mol. The predicted octanol–water partition coefficient (Wildman–Crippen LogP) is 3.52. The first kappa shape index (κ1) is 21.9. The number of methoxy groups -OCH3 is 2. The summed E-state index contributed by atoms with van der Waals surface area (Å²) < 4.78 is 10.6. The lowest BCUT2D eigenvalue weighted by Gasteiger charge is -2.18. The molecule has 4 rings (SSSR count). The number of hydrogen-bond donors (Lipinski definition) is 1. The zero-order valence-corrected chi connectivity index (χ0v) is 18.6. The molecule has 2 aliphatic rings. The van der Waals surface area contributed by atoms with Crippen molar-refractivity contribution in [1.29, 1.82) is 0 Å². The monoisotopic (exact) mass is 435 g/mol. The maximum Gasteiger partial charge on any atom is 0.278 e. The molecular formula is C25H29N3O4. The van der Waals surface area contributed by atoms with Crippen molar-refractivity contribution in [1.82, 2.24) is 4.90 Å². The molecule has 1 N–H and O–H groups in total. The van der Waals surface area contributed by atoms with E-state index in [4.69, 9.17) is 9.47 Å². The molecule has 0 unspecified atom stereocenters. The number of nitrogens with zero attached hydrogens (tertiary/aromatic N) is 2. The number of imide groups is 1. The second kappa shape index (κ2) is 9.87. The van der Waals surface area contributed by atoms with E-state index in [1.807, 2.05) is 24.3 Å². The lowest BCUT2D eigenvalue weighted by atomic mass is 10.0. The molecule has 2 amide bonds. The molecule has 2 aromatic carbocycles. The number of nitrogens with one attached hydrogen (secondary N) is 1. The maximum atomic E-state index is 13.3. The van der Waals surface area contributed by atoms with E-state index in [1.165, 1.54) is 23.4 Å². The van der Waals surface area contributed by atoms with Crippen molar-refractivity contribution >= 4 is 28.8 Å². The number of ether oxygens (including phenoxy) is 2.